The van der Waals surface area contributed by atoms with E-state index in [1.54, 1.807) is 0 Å². The zero-order valence-corrected chi connectivity index (χ0v) is 13.9. The van der Waals surface area contributed by atoms with Gasteiger partial charge in [0.25, 0.3) is 5.91 Å². The van der Waals surface area contributed by atoms with E-state index in [4.69, 9.17) is 0 Å². The molecule has 2 aromatic rings. The molecule has 4 aliphatic heterocycles. The molecule has 5 heterocycles. The van der Waals surface area contributed by atoms with Gasteiger partial charge in [-0.25, -0.2) is 0 Å². The molecule has 0 aliphatic carbocycles. The summed E-state index contributed by atoms with van der Waals surface area (Å²) >= 11 is 0. The lowest BCUT2D eigenvalue weighted by Gasteiger charge is -2.50. The molecule has 1 aromatic heterocycles. The molecule has 0 atom stereocenters. The van der Waals surface area contributed by atoms with E-state index in [0.717, 1.165) is 28.7 Å². The molecule has 4 aliphatic rings. The van der Waals surface area contributed by atoms with Crippen LogP contribution in [0.3, 0.4) is 0 Å². The second-order valence-corrected chi connectivity index (χ2v) is 7.15. The fraction of sp³-hybridized carbons (Fsp3) is 0.529. The summed E-state index contributed by atoms with van der Waals surface area (Å²) in [5.41, 5.74) is 3.16. The van der Waals surface area contributed by atoms with Crippen LogP contribution in [0, 0.1) is 5.41 Å². The Morgan fingerprint density at radius 3 is 2.65 bits per heavy atom. The number of benzene rings is 1. The van der Waals surface area contributed by atoms with Crippen molar-refractivity contribution in [1.29, 1.82) is 0 Å². The molecule has 0 spiro atoms. The number of amides is 1. The van der Waals surface area contributed by atoms with Crippen molar-refractivity contribution in [2.24, 2.45) is 5.41 Å². The van der Waals surface area contributed by atoms with Gasteiger partial charge in [-0.3, -0.25) is 9.89 Å². The summed E-state index contributed by atoms with van der Waals surface area (Å²) < 4.78 is 0. The van der Waals surface area contributed by atoms with Crippen LogP contribution in [0.4, 0.5) is 0 Å². The van der Waals surface area contributed by atoms with Crippen LogP contribution in [0.25, 0.3) is 10.9 Å². The minimum atomic E-state index is 0. The van der Waals surface area contributed by atoms with Crippen molar-refractivity contribution in [3.8, 4) is 0 Å². The van der Waals surface area contributed by atoms with E-state index in [2.05, 4.69) is 15.1 Å². The van der Waals surface area contributed by atoms with Gasteiger partial charge in [0, 0.05) is 11.9 Å². The number of nitrogens with one attached hydrogen (secondary N) is 1. The first-order valence-electron chi connectivity index (χ1n) is 8.22. The molecule has 1 aromatic carbocycles. The molecule has 0 saturated carbocycles. The molecule has 3 fully saturated rings. The number of fused-ring (bicyclic) bond motifs is 3. The number of hydrogen-bond acceptors (Lipinski definition) is 3. The number of hydrogen-bond donors (Lipinski definition) is 1. The lowest BCUT2D eigenvalue weighted by Crippen LogP contribution is -2.53. The Morgan fingerprint density at radius 2 is 1.91 bits per heavy atom. The third kappa shape index (κ3) is 2.17. The monoisotopic (exact) mass is 332 g/mol. The Labute approximate surface area is 141 Å². The molecule has 5 nitrogen and oxygen atoms in total. The van der Waals surface area contributed by atoms with Crippen LogP contribution >= 0.6 is 12.4 Å². The zero-order valence-electron chi connectivity index (χ0n) is 13.0. The van der Waals surface area contributed by atoms with Crippen molar-refractivity contribution in [2.75, 3.05) is 26.2 Å². The van der Waals surface area contributed by atoms with E-state index in [1.165, 1.54) is 38.9 Å². The molecule has 6 rings (SSSR count). The summed E-state index contributed by atoms with van der Waals surface area (Å²) in [7, 11) is 0. The molecule has 0 unspecified atom stereocenters. The van der Waals surface area contributed by atoms with Crippen molar-refractivity contribution in [3.63, 3.8) is 0 Å². The van der Waals surface area contributed by atoms with E-state index in [1.807, 2.05) is 23.1 Å². The van der Waals surface area contributed by atoms with Gasteiger partial charge in [0.2, 0.25) is 0 Å². The Kier molecular flexibility index (Phi) is 3.39. The van der Waals surface area contributed by atoms with Crippen molar-refractivity contribution in [1.82, 2.24) is 20.0 Å². The molecule has 1 amide bonds. The molecule has 6 heteroatoms. The Balaban J connectivity index is 0.00000135. The van der Waals surface area contributed by atoms with Crippen LogP contribution in [-0.4, -0.2) is 52.1 Å². The van der Waals surface area contributed by atoms with E-state index < -0.39 is 0 Å². The Bertz CT molecular complexity index is 749. The number of piperidine rings is 3. The summed E-state index contributed by atoms with van der Waals surface area (Å²) in [5, 5.41) is 8.52. The molecule has 3 saturated heterocycles. The SMILES string of the molecule is Cl.O=C1c2cccc3[nH]nc(c23)CN1CC12CCN(CC1)CC2. The fourth-order valence-corrected chi connectivity index (χ4v) is 4.52. The summed E-state index contributed by atoms with van der Waals surface area (Å²) in [5.74, 6) is 0.182. The van der Waals surface area contributed by atoms with Crippen LogP contribution in [0.15, 0.2) is 18.2 Å². The number of H-pyrrole nitrogens is 1. The maximum absolute atomic E-state index is 12.9. The fourth-order valence-electron chi connectivity index (χ4n) is 4.52. The van der Waals surface area contributed by atoms with Gasteiger partial charge in [0.15, 0.2) is 0 Å². The largest absolute Gasteiger partial charge is 0.332 e. The van der Waals surface area contributed by atoms with Gasteiger partial charge in [0.05, 0.1) is 23.3 Å². The van der Waals surface area contributed by atoms with Gasteiger partial charge < -0.3 is 9.80 Å². The standard InChI is InChI=1S/C17H20N4O.ClH/c22-16-12-2-1-3-13-15(12)14(19-18-13)10-21(16)11-17-4-7-20(8-5-17)9-6-17;/h1-3H,4-11H2,(H,18,19);1H. The molecular formula is C17H21ClN4O. The maximum Gasteiger partial charge on any atom is 0.254 e. The van der Waals surface area contributed by atoms with E-state index in [-0.39, 0.29) is 18.3 Å². The minimum absolute atomic E-state index is 0. The lowest BCUT2D eigenvalue weighted by molar-refractivity contribution is -0.00142. The van der Waals surface area contributed by atoms with E-state index >= 15 is 0 Å². The first kappa shape index (κ1) is 15.0. The maximum atomic E-state index is 12.9. The summed E-state index contributed by atoms with van der Waals surface area (Å²) in [4.78, 5) is 17.5. The van der Waals surface area contributed by atoms with Crippen LogP contribution < -0.4 is 0 Å². The van der Waals surface area contributed by atoms with Crippen LogP contribution in [-0.2, 0) is 6.54 Å². The quantitative estimate of drug-likeness (QED) is 0.919. The summed E-state index contributed by atoms with van der Waals surface area (Å²) in [6, 6.07) is 5.88. The topological polar surface area (TPSA) is 52.2 Å². The van der Waals surface area contributed by atoms with Gasteiger partial charge in [-0.15, -0.1) is 12.4 Å². The summed E-state index contributed by atoms with van der Waals surface area (Å²) in [6.45, 7) is 5.14. The second kappa shape index (κ2) is 5.21. The van der Waals surface area contributed by atoms with Crippen LogP contribution in [0.2, 0.25) is 0 Å². The molecule has 0 radical (unpaired) electrons. The lowest BCUT2D eigenvalue weighted by atomic mass is 9.71. The van der Waals surface area contributed by atoms with Crippen LogP contribution in [0.1, 0.15) is 35.3 Å². The highest BCUT2D eigenvalue weighted by Gasteiger charge is 2.42. The Hall–Kier alpha value is -1.59. The highest BCUT2D eigenvalue weighted by Crippen LogP contribution is 2.42. The van der Waals surface area contributed by atoms with Crippen molar-refractivity contribution in [3.05, 3.63) is 29.5 Å². The molecular weight excluding hydrogens is 312 g/mol. The number of carbonyl (C=O) groups is 1. The number of carbonyl (C=O) groups excluding carboxylic acids is 1. The van der Waals surface area contributed by atoms with Crippen molar-refractivity contribution in [2.45, 2.75) is 25.8 Å². The second-order valence-electron chi connectivity index (χ2n) is 7.15. The average molecular weight is 333 g/mol. The predicted octanol–water partition coefficient (Wildman–Crippen LogP) is 2.43. The third-order valence-electron chi connectivity index (χ3n) is 5.92. The number of halogens is 1. The number of rotatable bonds is 2. The average Bonchev–Trinajstić information content (AvgIpc) is 2.98. The van der Waals surface area contributed by atoms with E-state index in [9.17, 15) is 4.79 Å². The molecule has 23 heavy (non-hydrogen) atoms. The number of aromatic nitrogens is 2. The van der Waals surface area contributed by atoms with Gasteiger partial charge in [0.1, 0.15) is 0 Å². The highest BCUT2D eigenvalue weighted by atomic mass is 35.5. The van der Waals surface area contributed by atoms with Crippen molar-refractivity contribution < 1.29 is 4.79 Å². The van der Waals surface area contributed by atoms with Gasteiger partial charge in [-0.1, -0.05) is 6.07 Å². The van der Waals surface area contributed by atoms with Crippen LogP contribution in [0.5, 0.6) is 0 Å². The Morgan fingerprint density at radius 1 is 1.17 bits per heavy atom. The van der Waals surface area contributed by atoms with Gasteiger partial charge >= 0.3 is 0 Å². The molecule has 2 bridgehead atoms. The smallest absolute Gasteiger partial charge is 0.254 e. The van der Waals surface area contributed by atoms with E-state index in [0.29, 0.717) is 12.0 Å². The zero-order chi connectivity index (χ0) is 14.7. The molecule has 122 valence electrons. The molecule has 1 N–H and O–H groups in total. The minimum Gasteiger partial charge on any atom is -0.332 e. The highest BCUT2D eigenvalue weighted by molar-refractivity contribution is 6.08. The van der Waals surface area contributed by atoms with Gasteiger partial charge in [-0.05, 0) is 56.4 Å². The van der Waals surface area contributed by atoms with Crippen molar-refractivity contribution >= 4 is 29.2 Å². The van der Waals surface area contributed by atoms with Gasteiger partial charge in [-0.2, -0.15) is 5.10 Å². The summed E-state index contributed by atoms with van der Waals surface area (Å²) in [6.07, 6.45) is 3.69. The third-order valence-corrected chi connectivity index (χ3v) is 5.92. The first-order valence-corrected chi connectivity index (χ1v) is 8.22. The first-order chi connectivity index (χ1) is 10.7. The predicted molar refractivity (Wildman–Crippen MR) is 90.8 cm³/mol. The normalized spacial score (nSPS) is 29.0. The number of aromatic amines is 1. The number of nitrogens with zero attached hydrogens (tertiary/aromatic N) is 3.